The highest BCUT2D eigenvalue weighted by Crippen LogP contribution is 2.36. The van der Waals surface area contributed by atoms with Crippen LogP contribution in [0.2, 0.25) is 5.02 Å². The first kappa shape index (κ1) is 14.6. The quantitative estimate of drug-likeness (QED) is 0.869. The van der Waals surface area contributed by atoms with Gasteiger partial charge in [0.25, 0.3) is 6.43 Å². The lowest BCUT2D eigenvalue weighted by molar-refractivity contribution is -0.141. The Balaban J connectivity index is 3.39. The van der Waals surface area contributed by atoms with Crippen molar-refractivity contribution in [1.82, 2.24) is 4.98 Å². The fourth-order valence-electron chi connectivity index (χ4n) is 1.23. The van der Waals surface area contributed by atoms with E-state index in [2.05, 4.69) is 4.98 Å². The minimum absolute atomic E-state index is 0.546. The molecule has 1 rings (SSSR count). The lowest BCUT2D eigenvalue weighted by Crippen LogP contribution is -2.14. The van der Waals surface area contributed by atoms with Crippen LogP contribution in [0.4, 0.5) is 22.0 Å². The van der Waals surface area contributed by atoms with Crippen LogP contribution in [0.15, 0.2) is 6.07 Å². The fourth-order valence-corrected chi connectivity index (χ4v) is 1.51. The van der Waals surface area contributed by atoms with Crippen LogP contribution < -0.4 is 0 Å². The number of hydrogen-bond acceptors (Lipinski definition) is 2. The number of carboxylic acids is 1. The second kappa shape index (κ2) is 5.05. The van der Waals surface area contributed by atoms with Crippen LogP contribution in [0.25, 0.3) is 0 Å². The molecule has 9 heteroatoms. The maximum absolute atomic E-state index is 12.5. The van der Waals surface area contributed by atoms with Crippen LogP contribution >= 0.6 is 11.6 Å². The van der Waals surface area contributed by atoms with Crippen LogP contribution in [0.5, 0.6) is 0 Å². The van der Waals surface area contributed by atoms with Crippen LogP contribution in [-0.2, 0) is 17.4 Å². The molecule has 0 bridgehead atoms. The lowest BCUT2D eigenvalue weighted by atomic mass is 10.1. The molecule has 1 heterocycles. The van der Waals surface area contributed by atoms with Gasteiger partial charge in [0.05, 0.1) is 11.4 Å². The number of pyridine rings is 1. The SMILES string of the molecule is O=C(O)Cc1cc(Cl)c(C(F)(F)F)nc1C(F)F. The van der Waals surface area contributed by atoms with E-state index < -0.39 is 47.0 Å². The van der Waals surface area contributed by atoms with Crippen molar-refractivity contribution in [1.29, 1.82) is 0 Å². The van der Waals surface area contributed by atoms with Gasteiger partial charge in [-0.15, -0.1) is 0 Å². The maximum Gasteiger partial charge on any atom is 0.434 e. The highest BCUT2D eigenvalue weighted by Gasteiger charge is 2.37. The minimum atomic E-state index is -4.98. The Hall–Kier alpha value is -1.44. The van der Waals surface area contributed by atoms with E-state index in [-0.39, 0.29) is 0 Å². The van der Waals surface area contributed by atoms with E-state index in [4.69, 9.17) is 16.7 Å². The monoisotopic (exact) mass is 289 g/mol. The van der Waals surface area contributed by atoms with E-state index in [0.717, 1.165) is 0 Å². The molecule has 0 spiro atoms. The third-order valence-electron chi connectivity index (χ3n) is 1.91. The summed E-state index contributed by atoms with van der Waals surface area (Å²) in [5.74, 6) is -1.48. The zero-order valence-corrected chi connectivity index (χ0v) is 9.19. The highest BCUT2D eigenvalue weighted by molar-refractivity contribution is 6.31. The van der Waals surface area contributed by atoms with E-state index in [1.807, 2.05) is 0 Å². The predicted molar refractivity (Wildman–Crippen MR) is 50.5 cm³/mol. The van der Waals surface area contributed by atoms with Crippen molar-refractivity contribution in [3.8, 4) is 0 Å². The Morgan fingerprint density at radius 1 is 1.44 bits per heavy atom. The number of rotatable bonds is 3. The van der Waals surface area contributed by atoms with Crippen molar-refractivity contribution in [2.24, 2.45) is 0 Å². The Labute approximate surface area is 102 Å². The van der Waals surface area contributed by atoms with Gasteiger partial charge in [-0.25, -0.2) is 13.8 Å². The average Bonchev–Trinajstić information content (AvgIpc) is 2.13. The summed E-state index contributed by atoms with van der Waals surface area (Å²) < 4.78 is 62.2. The predicted octanol–water partition coefficient (Wildman–Crippen LogP) is 3.32. The Morgan fingerprint density at radius 2 is 2.00 bits per heavy atom. The number of alkyl halides is 5. The van der Waals surface area contributed by atoms with Crippen LogP contribution in [-0.4, -0.2) is 16.1 Å². The molecule has 1 N–H and O–H groups in total. The zero-order valence-electron chi connectivity index (χ0n) is 8.43. The zero-order chi connectivity index (χ0) is 14.1. The molecule has 1 aromatic heterocycles. The summed E-state index contributed by atoms with van der Waals surface area (Å²) in [6.45, 7) is 0. The van der Waals surface area contributed by atoms with E-state index in [9.17, 15) is 26.7 Å². The third kappa shape index (κ3) is 3.28. The first-order valence-corrected chi connectivity index (χ1v) is 4.77. The van der Waals surface area contributed by atoms with Gasteiger partial charge in [-0.05, 0) is 11.6 Å². The number of hydrogen-bond donors (Lipinski definition) is 1. The molecule has 0 unspecified atom stereocenters. The molecule has 0 radical (unpaired) electrons. The average molecular weight is 290 g/mol. The molecule has 100 valence electrons. The van der Waals surface area contributed by atoms with Gasteiger partial charge >= 0.3 is 12.1 Å². The molecule has 1 aromatic rings. The summed E-state index contributed by atoms with van der Waals surface area (Å²) in [6, 6.07) is 0.549. The number of nitrogens with zero attached hydrogens (tertiary/aromatic N) is 1. The van der Waals surface area contributed by atoms with Gasteiger partial charge in [0.2, 0.25) is 0 Å². The van der Waals surface area contributed by atoms with Crippen molar-refractivity contribution in [3.63, 3.8) is 0 Å². The topological polar surface area (TPSA) is 50.2 Å². The lowest BCUT2D eigenvalue weighted by Gasteiger charge is -2.12. The number of carboxylic acid groups (broad SMARTS) is 1. The molecule has 0 fully saturated rings. The van der Waals surface area contributed by atoms with Crippen molar-refractivity contribution in [2.75, 3.05) is 0 Å². The molecular weight excluding hydrogens is 285 g/mol. The second-order valence-corrected chi connectivity index (χ2v) is 3.64. The first-order chi connectivity index (χ1) is 8.12. The number of carbonyl (C=O) groups is 1. The fraction of sp³-hybridized carbons (Fsp3) is 0.333. The Bertz CT molecular complexity index is 475. The molecule has 18 heavy (non-hydrogen) atoms. The molecule has 0 aromatic carbocycles. The molecular formula is C9H5ClF5NO2. The highest BCUT2D eigenvalue weighted by atomic mass is 35.5. The normalized spacial score (nSPS) is 11.9. The molecule has 0 saturated carbocycles. The van der Waals surface area contributed by atoms with Crippen molar-refractivity contribution in [2.45, 2.75) is 19.0 Å². The Morgan fingerprint density at radius 3 is 2.39 bits per heavy atom. The largest absolute Gasteiger partial charge is 0.481 e. The Kier molecular flexibility index (Phi) is 4.10. The number of halogens is 6. The summed E-state index contributed by atoms with van der Waals surface area (Å²) in [6.07, 6.45) is -9.19. The van der Waals surface area contributed by atoms with E-state index in [1.54, 1.807) is 0 Å². The van der Waals surface area contributed by atoms with E-state index in [1.165, 1.54) is 0 Å². The summed E-state index contributed by atoms with van der Waals surface area (Å²) >= 11 is 5.25. The van der Waals surface area contributed by atoms with Gasteiger partial charge in [-0.1, -0.05) is 11.6 Å². The van der Waals surface area contributed by atoms with E-state index >= 15 is 0 Å². The molecule has 0 atom stereocenters. The van der Waals surface area contributed by atoms with Crippen molar-refractivity contribution in [3.05, 3.63) is 28.0 Å². The van der Waals surface area contributed by atoms with Crippen LogP contribution in [0, 0.1) is 0 Å². The summed E-state index contributed by atoms with van der Waals surface area (Å²) in [4.78, 5) is 13.1. The molecule has 0 saturated heterocycles. The molecule has 0 amide bonds. The van der Waals surface area contributed by atoms with Gasteiger partial charge in [-0.2, -0.15) is 13.2 Å². The van der Waals surface area contributed by atoms with Gasteiger partial charge < -0.3 is 5.11 Å². The summed E-state index contributed by atoms with van der Waals surface area (Å²) in [7, 11) is 0. The van der Waals surface area contributed by atoms with Gasteiger partial charge in [0.15, 0.2) is 5.69 Å². The summed E-state index contributed by atoms with van der Waals surface area (Å²) in [5, 5.41) is 7.54. The molecule has 0 aliphatic rings. The van der Waals surface area contributed by atoms with Gasteiger partial charge in [0, 0.05) is 0 Å². The van der Waals surface area contributed by atoms with Crippen molar-refractivity contribution >= 4 is 17.6 Å². The maximum atomic E-state index is 12.5. The number of aliphatic carboxylic acids is 1. The van der Waals surface area contributed by atoms with Gasteiger partial charge in [0.1, 0.15) is 5.69 Å². The second-order valence-electron chi connectivity index (χ2n) is 3.23. The third-order valence-corrected chi connectivity index (χ3v) is 2.19. The minimum Gasteiger partial charge on any atom is -0.481 e. The van der Waals surface area contributed by atoms with Gasteiger partial charge in [-0.3, -0.25) is 4.79 Å². The van der Waals surface area contributed by atoms with Crippen molar-refractivity contribution < 1.29 is 31.9 Å². The van der Waals surface area contributed by atoms with E-state index in [0.29, 0.717) is 6.07 Å². The van der Waals surface area contributed by atoms with Crippen LogP contribution in [0.1, 0.15) is 23.4 Å². The summed E-state index contributed by atoms with van der Waals surface area (Å²) in [5.41, 5.74) is -3.43. The molecule has 3 nitrogen and oxygen atoms in total. The smallest absolute Gasteiger partial charge is 0.434 e. The standard InChI is InChI=1S/C9H5ClF5NO2/c10-4-1-3(2-5(17)18)6(8(11)12)16-7(4)9(13,14)15/h1,8H,2H2,(H,17,18). The molecule has 0 aliphatic heterocycles. The molecule has 0 aliphatic carbocycles. The number of aromatic nitrogens is 1. The van der Waals surface area contributed by atoms with Crippen LogP contribution in [0.3, 0.4) is 0 Å². The first-order valence-electron chi connectivity index (χ1n) is 4.39.